The third-order valence-electron chi connectivity index (χ3n) is 3.01. The van der Waals surface area contributed by atoms with Gasteiger partial charge in [-0.05, 0) is 19.9 Å². The predicted molar refractivity (Wildman–Crippen MR) is 86.6 cm³/mol. The summed E-state index contributed by atoms with van der Waals surface area (Å²) in [6.07, 6.45) is 2.69. The quantitative estimate of drug-likeness (QED) is 0.627. The lowest BCUT2D eigenvalue weighted by Crippen LogP contribution is -2.38. The lowest BCUT2D eigenvalue weighted by Gasteiger charge is -2.10. The van der Waals surface area contributed by atoms with Crippen molar-refractivity contribution < 1.29 is 0 Å². The Morgan fingerprint density at radius 3 is 2.90 bits per heavy atom. The van der Waals surface area contributed by atoms with Crippen molar-refractivity contribution in [1.29, 1.82) is 0 Å². The molecule has 0 saturated heterocycles. The average Bonchev–Trinajstić information content (AvgIpc) is 3.05. The zero-order valence-corrected chi connectivity index (χ0v) is 13.6. The van der Waals surface area contributed by atoms with Gasteiger partial charge in [0.15, 0.2) is 5.96 Å². The van der Waals surface area contributed by atoms with E-state index in [4.69, 9.17) is 0 Å². The van der Waals surface area contributed by atoms with E-state index in [0.29, 0.717) is 6.54 Å². The zero-order valence-electron chi connectivity index (χ0n) is 12.8. The molecule has 0 saturated carbocycles. The van der Waals surface area contributed by atoms with Crippen LogP contribution in [0.4, 0.5) is 0 Å². The van der Waals surface area contributed by atoms with Gasteiger partial charge >= 0.3 is 0 Å². The number of thiazole rings is 1. The third kappa shape index (κ3) is 4.86. The lowest BCUT2D eigenvalue weighted by molar-refractivity contribution is 0.706. The maximum Gasteiger partial charge on any atom is 0.191 e. The van der Waals surface area contributed by atoms with Gasteiger partial charge in [-0.2, -0.15) is 5.10 Å². The third-order valence-corrected chi connectivity index (χ3v) is 3.83. The van der Waals surface area contributed by atoms with Gasteiger partial charge in [-0.15, -0.1) is 11.3 Å². The Kier molecular flexibility index (Phi) is 5.74. The van der Waals surface area contributed by atoms with Crippen molar-refractivity contribution in [3.05, 3.63) is 34.0 Å². The highest BCUT2D eigenvalue weighted by Gasteiger charge is 2.02. The molecule has 2 rings (SSSR count). The molecule has 114 valence electrons. The van der Waals surface area contributed by atoms with Crippen LogP contribution >= 0.6 is 11.3 Å². The van der Waals surface area contributed by atoms with Crippen LogP contribution in [-0.2, 0) is 20.0 Å². The molecule has 0 atom stereocenters. The molecule has 0 amide bonds. The number of hydrogen-bond acceptors (Lipinski definition) is 4. The van der Waals surface area contributed by atoms with Gasteiger partial charge in [0.1, 0.15) is 0 Å². The van der Waals surface area contributed by atoms with E-state index in [1.807, 2.05) is 24.7 Å². The van der Waals surface area contributed by atoms with Crippen molar-refractivity contribution in [2.75, 3.05) is 13.1 Å². The molecule has 21 heavy (non-hydrogen) atoms. The Balaban J connectivity index is 1.85. The van der Waals surface area contributed by atoms with Gasteiger partial charge in [0.25, 0.3) is 0 Å². The minimum Gasteiger partial charge on any atom is -0.357 e. The molecular weight excluding hydrogens is 284 g/mol. The zero-order chi connectivity index (χ0) is 15.1. The van der Waals surface area contributed by atoms with E-state index >= 15 is 0 Å². The summed E-state index contributed by atoms with van der Waals surface area (Å²) in [6.45, 7) is 6.36. The Morgan fingerprint density at radius 2 is 2.29 bits per heavy atom. The van der Waals surface area contributed by atoms with Crippen LogP contribution in [0.2, 0.25) is 0 Å². The second kappa shape index (κ2) is 7.78. The number of aryl methyl sites for hydroxylation is 2. The van der Waals surface area contributed by atoms with E-state index in [0.717, 1.165) is 41.9 Å². The summed E-state index contributed by atoms with van der Waals surface area (Å²) in [5.74, 6) is 0.825. The molecule has 0 aliphatic rings. The molecule has 2 aromatic rings. The molecule has 2 aromatic heterocycles. The van der Waals surface area contributed by atoms with Crippen LogP contribution in [0.25, 0.3) is 0 Å². The average molecular weight is 306 g/mol. The molecule has 0 aromatic carbocycles. The van der Waals surface area contributed by atoms with Gasteiger partial charge in [0.2, 0.25) is 0 Å². The molecule has 0 spiro atoms. The maximum absolute atomic E-state index is 4.57. The van der Waals surface area contributed by atoms with Gasteiger partial charge in [-0.25, -0.2) is 9.98 Å². The molecule has 2 N–H and O–H groups in total. The Morgan fingerprint density at radius 1 is 1.43 bits per heavy atom. The first-order valence-corrected chi connectivity index (χ1v) is 7.97. The van der Waals surface area contributed by atoms with Crippen LogP contribution in [-0.4, -0.2) is 33.8 Å². The fourth-order valence-corrected chi connectivity index (χ4v) is 2.54. The van der Waals surface area contributed by atoms with E-state index in [1.54, 1.807) is 17.5 Å². The van der Waals surface area contributed by atoms with Gasteiger partial charge in [0.05, 0.1) is 22.9 Å². The van der Waals surface area contributed by atoms with Crippen molar-refractivity contribution in [1.82, 2.24) is 25.4 Å². The first-order chi connectivity index (χ1) is 10.2. The summed E-state index contributed by atoms with van der Waals surface area (Å²) in [4.78, 5) is 9.03. The van der Waals surface area contributed by atoms with Crippen molar-refractivity contribution in [2.45, 2.75) is 26.8 Å². The lowest BCUT2D eigenvalue weighted by atomic mass is 10.3. The van der Waals surface area contributed by atoms with Gasteiger partial charge in [-0.3, -0.25) is 4.68 Å². The van der Waals surface area contributed by atoms with Crippen LogP contribution in [0.15, 0.2) is 22.6 Å². The molecule has 0 bridgehead atoms. The predicted octanol–water partition coefficient (Wildman–Crippen LogP) is 1.48. The highest BCUT2D eigenvalue weighted by molar-refractivity contribution is 7.09. The van der Waals surface area contributed by atoms with Gasteiger partial charge < -0.3 is 10.6 Å². The standard InChI is InChI=1S/C14H22N6S/c1-4-15-14(17-9-13-6-8-18-20(13)3)16-7-5-12-10-21-11(2)19-12/h6,8,10H,4-5,7,9H2,1-3H3,(H2,15,16,17). The molecule has 2 heterocycles. The number of hydrogen-bond donors (Lipinski definition) is 2. The Hall–Kier alpha value is -1.89. The normalized spacial score (nSPS) is 11.7. The van der Waals surface area contributed by atoms with Crippen molar-refractivity contribution in [3.8, 4) is 0 Å². The van der Waals surface area contributed by atoms with Gasteiger partial charge in [-0.1, -0.05) is 0 Å². The van der Waals surface area contributed by atoms with Crippen molar-refractivity contribution >= 4 is 17.3 Å². The minimum atomic E-state index is 0.613. The molecule has 0 fully saturated rings. The highest BCUT2D eigenvalue weighted by atomic mass is 32.1. The molecule has 6 nitrogen and oxygen atoms in total. The summed E-state index contributed by atoms with van der Waals surface area (Å²) in [5.41, 5.74) is 2.22. The summed E-state index contributed by atoms with van der Waals surface area (Å²) >= 11 is 1.69. The van der Waals surface area contributed by atoms with Crippen LogP contribution in [0.5, 0.6) is 0 Å². The molecule has 0 unspecified atom stereocenters. The largest absolute Gasteiger partial charge is 0.357 e. The maximum atomic E-state index is 4.57. The molecular formula is C14H22N6S. The number of rotatable bonds is 6. The van der Waals surface area contributed by atoms with Crippen LogP contribution < -0.4 is 10.6 Å². The van der Waals surface area contributed by atoms with E-state index in [-0.39, 0.29) is 0 Å². The number of aliphatic imine (C=N–C) groups is 1. The Bertz CT molecular complexity index is 586. The van der Waals surface area contributed by atoms with E-state index in [2.05, 4.69) is 38.0 Å². The number of nitrogens with zero attached hydrogens (tertiary/aromatic N) is 4. The first kappa shape index (κ1) is 15.5. The molecule has 0 aliphatic carbocycles. The topological polar surface area (TPSA) is 67.1 Å². The van der Waals surface area contributed by atoms with Crippen molar-refractivity contribution in [3.63, 3.8) is 0 Å². The van der Waals surface area contributed by atoms with E-state index in [9.17, 15) is 0 Å². The van der Waals surface area contributed by atoms with Crippen molar-refractivity contribution in [2.24, 2.45) is 12.0 Å². The molecule has 7 heteroatoms. The smallest absolute Gasteiger partial charge is 0.191 e. The number of guanidine groups is 1. The second-order valence-corrected chi connectivity index (χ2v) is 5.74. The minimum absolute atomic E-state index is 0.613. The molecule has 0 radical (unpaired) electrons. The molecule has 0 aliphatic heterocycles. The van der Waals surface area contributed by atoms with Gasteiger partial charge in [0, 0.05) is 38.1 Å². The van der Waals surface area contributed by atoms with E-state index in [1.165, 1.54) is 0 Å². The van der Waals surface area contributed by atoms with Crippen LogP contribution in [0.3, 0.4) is 0 Å². The van der Waals surface area contributed by atoms with E-state index < -0.39 is 0 Å². The monoisotopic (exact) mass is 306 g/mol. The highest BCUT2D eigenvalue weighted by Crippen LogP contribution is 2.07. The fraction of sp³-hybridized carbons (Fsp3) is 0.500. The second-order valence-electron chi connectivity index (χ2n) is 4.68. The Labute approximate surface area is 129 Å². The summed E-state index contributed by atoms with van der Waals surface area (Å²) < 4.78 is 1.84. The van der Waals surface area contributed by atoms with Crippen LogP contribution in [0, 0.1) is 6.92 Å². The summed E-state index contributed by atoms with van der Waals surface area (Å²) in [6, 6.07) is 1.98. The number of nitrogens with one attached hydrogen (secondary N) is 2. The fourth-order valence-electron chi connectivity index (χ4n) is 1.89. The number of aromatic nitrogens is 3. The summed E-state index contributed by atoms with van der Waals surface area (Å²) in [5, 5.41) is 13.9. The van der Waals surface area contributed by atoms with Crippen LogP contribution in [0.1, 0.15) is 23.3 Å². The summed E-state index contributed by atoms with van der Waals surface area (Å²) in [7, 11) is 1.93. The SMILES string of the molecule is CCNC(=NCc1ccnn1C)NCCc1csc(C)n1. The first-order valence-electron chi connectivity index (χ1n) is 7.09.